The molecule has 0 aliphatic heterocycles. The number of esters is 1. The second-order valence-corrected chi connectivity index (χ2v) is 5.17. The summed E-state index contributed by atoms with van der Waals surface area (Å²) in [5, 5.41) is 3.04. The lowest BCUT2D eigenvalue weighted by Gasteiger charge is -2.27. The molecular formula is C14H17F2NO2. The number of benzene rings is 1. The van der Waals surface area contributed by atoms with Gasteiger partial charge in [0, 0.05) is 5.54 Å². The summed E-state index contributed by atoms with van der Waals surface area (Å²) in [6.07, 6.45) is 4.00. The number of hydrogen-bond donors (Lipinski definition) is 1. The zero-order valence-electron chi connectivity index (χ0n) is 11.1. The van der Waals surface area contributed by atoms with E-state index in [-0.39, 0.29) is 16.8 Å². The average molecular weight is 269 g/mol. The van der Waals surface area contributed by atoms with Crippen LogP contribution < -0.4 is 5.32 Å². The van der Waals surface area contributed by atoms with Crippen LogP contribution in [0.1, 0.15) is 43.0 Å². The van der Waals surface area contributed by atoms with E-state index >= 15 is 0 Å². The van der Waals surface area contributed by atoms with Gasteiger partial charge in [-0.25, -0.2) is 13.6 Å². The molecule has 5 heteroatoms. The minimum absolute atomic E-state index is 0.0922. The molecule has 1 saturated carbocycles. The number of ether oxygens (including phenoxy) is 1. The maximum atomic E-state index is 13.9. The largest absolute Gasteiger partial charge is 0.465 e. The molecule has 0 bridgehead atoms. The standard InChI is InChI=1S/C14H17F2NO2/c1-14(7-3-4-8-14)17-10-6-5-9(13(18)19-2)11(15)12(10)16/h5-6,17H,3-4,7-8H2,1-2H3. The summed E-state index contributed by atoms with van der Waals surface area (Å²) in [5.74, 6) is -3.08. The predicted octanol–water partition coefficient (Wildman–Crippen LogP) is 3.50. The summed E-state index contributed by atoms with van der Waals surface area (Å²) >= 11 is 0. The van der Waals surface area contributed by atoms with Crippen molar-refractivity contribution in [2.24, 2.45) is 0 Å². The third-order valence-corrected chi connectivity index (χ3v) is 3.63. The van der Waals surface area contributed by atoms with E-state index in [4.69, 9.17) is 0 Å². The average Bonchev–Trinajstić information content (AvgIpc) is 2.81. The molecule has 0 unspecified atom stereocenters. The SMILES string of the molecule is COC(=O)c1ccc(NC2(C)CCCC2)c(F)c1F. The number of carbonyl (C=O) groups is 1. The van der Waals surface area contributed by atoms with Crippen molar-refractivity contribution in [1.29, 1.82) is 0 Å². The van der Waals surface area contributed by atoms with Crippen LogP contribution in [0.15, 0.2) is 12.1 Å². The molecule has 0 amide bonds. The minimum atomic E-state index is -1.17. The first-order valence-electron chi connectivity index (χ1n) is 6.31. The molecule has 19 heavy (non-hydrogen) atoms. The van der Waals surface area contributed by atoms with Gasteiger partial charge in [0.2, 0.25) is 0 Å². The van der Waals surface area contributed by atoms with E-state index in [2.05, 4.69) is 10.1 Å². The van der Waals surface area contributed by atoms with E-state index < -0.39 is 17.6 Å². The van der Waals surface area contributed by atoms with Crippen LogP contribution in [-0.2, 0) is 4.74 Å². The van der Waals surface area contributed by atoms with Crippen LogP contribution in [0.25, 0.3) is 0 Å². The second-order valence-electron chi connectivity index (χ2n) is 5.17. The van der Waals surface area contributed by atoms with Crippen LogP contribution in [0.3, 0.4) is 0 Å². The highest BCUT2D eigenvalue weighted by atomic mass is 19.2. The van der Waals surface area contributed by atoms with Gasteiger partial charge in [0.15, 0.2) is 11.6 Å². The van der Waals surface area contributed by atoms with Gasteiger partial charge in [-0.1, -0.05) is 12.8 Å². The summed E-state index contributed by atoms with van der Waals surface area (Å²) in [7, 11) is 1.13. The quantitative estimate of drug-likeness (QED) is 0.853. The van der Waals surface area contributed by atoms with Gasteiger partial charge in [-0.3, -0.25) is 0 Å². The Morgan fingerprint density at radius 1 is 1.26 bits per heavy atom. The molecule has 1 fully saturated rings. The van der Waals surface area contributed by atoms with Crippen LogP contribution >= 0.6 is 0 Å². The van der Waals surface area contributed by atoms with Crippen molar-refractivity contribution in [2.45, 2.75) is 38.1 Å². The Hall–Kier alpha value is -1.65. The molecule has 1 aliphatic rings. The highest BCUT2D eigenvalue weighted by Gasteiger charge is 2.30. The van der Waals surface area contributed by atoms with Crippen molar-refractivity contribution < 1.29 is 18.3 Å². The maximum absolute atomic E-state index is 13.9. The molecule has 1 aliphatic carbocycles. The summed E-state index contributed by atoms with van der Waals surface area (Å²) in [6, 6.07) is 2.62. The van der Waals surface area contributed by atoms with E-state index in [1.165, 1.54) is 12.1 Å². The van der Waals surface area contributed by atoms with Crippen molar-refractivity contribution in [3.05, 3.63) is 29.3 Å². The predicted molar refractivity (Wildman–Crippen MR) is 68.2 cm³/mol. The molecule has 0 atom stereocenters. The summed E-state index contributed by atoms with van der Waals surface area (Å²) in [5.41, 5.74) is -0.503. The Labute approximate surface area is 111 Å². The molecule has 1 aromatic carbocycles. The smallest absolute Gasteiger partial charge is 0.340 e. The van der Waals surface area contributed by atoms with Crippen LogP contribution in [0.4, 0.5) is 14.5 Å². The van der Waals surface area contributed by atoms with Gasteiger partial charge >= 0.3 is 5.97 Å². The summed E-state index contributed by atoms with van der Waals surface area (Å²) < 4.78 is 32.1. The van der Waals surface area contributed by atoms with Gasteiger partial charge in [-0.15, -0.1) is 0 Å². The zero-order valence-corrected chi connectivity index (χ0v) is 11.1. The Bertz CT molecular complexity index is 496. The fourth-order valence-corrected chi connectivity index (χ4v) is 2.52. The number of hydrogen-bond acceptors (Lipinski definition) is 3. The van der Waals surface area contributed by atoms with Gasteiger partial charge in [-0.2, -0.15) is 0 Å². The van der Waals surface area contributed by atoms with Crippen molar-refractivity contribution in [3.63, 3.8) is 0 Å². The molecule has 104 valence electrons. The summed E-state index contributed by atoms with van der Waals surface area (Å²) in [6.45, 7) is 1.99. The number of halogens is 2. The van der Waals surface area contributed by atoms with E-state index in [0.29, 0.717) is 0 Å². The van der Waals surface area contributed by atoms with Crippen molar-refractivity contribution in [3.8, 4) is 0 Å². The van der Waals surface area contributed by atoms with Crippen LogP contribution in [0.2, 0.25) is 0 Å². The molecule has 0 aromatic heterocycles. The first kappa shape index (κ1) is 13.8. The van der Waals surface area contributed by atoms with E-state index in [0.717, 1.165) is 32.8 Å². The lowest BCUT2D eigenvalue weighted by molar-refractivity contribution is 0.0594. The zero-order chi connectivity index (χ0) is 14.0. The van der Waals surface area contributed by atoms with Crippen molar-refractivity contribution >= 4 is 11.7 Å². The third-order valence-electron chi connectivity index (χ3n) is 3.63. The first-order valence-corrected chi connectivity index (χ1v) is 6.31. The maximum Gasteiger partial charge on any atom is 0.340 e. The number of rotatable bonds is 3. The molecular weight excluding hydrogens is 252 g/mol. The van der Waals surface area contributed by atoms with E-state index in [1.807, 2.05) is 6.92 Å². The Kier molecular flexibility index (Phi) is 3.73. The molecule has 0 radical (unpaired) electrons. The second kappa shape index (κ2) is 5.15. The van der Waals surface area contributed by atoms with E-state index in [1.54, 1.807) is 0 Å². The molecule has 0 spiro atoms. The third kappa shape index (κ3) is 2.69. The topological polar surface area (TPSA) is 38.3 Å². The highest BCUT2D eigenvalue weighted by molar-refractivity contribution is 5.90. The van der Waals surface area contributed by atoms with Gasteiger partial charge in [0.1, 0.15) is 0 Å². The molecule has 0 heterocycles. The molecule has 1 aromatic rings. The summed E-state index contributed by atoms with van der Waals surface area (Å²) in [4.78, 5) is 11.3. The normalized spacial score (nSPS) is 17.3. The highest BCUT2D eigenvalue weighted by Crippen LogP contribution is 2.34. The van der Waals surface area contributed by atoms with Gasteiger partial charge in [0.05, 0.1) is 18.4 Å². The lowest BCUT2D eigenvalue weighted by atomic mass is 10.00. The fraction of sp³-hybridized carbons (Fsp3) is 0.500. The van der Waals surface area contributed by atoms with E-state index in [9.17, 15) is 13.6 Å². The Balaban J connectivity index is 2.28. The van der Waals surface area contributed by atoms with Gasteiger partial charge in [0.25, 0.3) is 0 Å². The fourth-order valence-electron chi connectivity index (χ4n) is 2.52. The van der Waals surface area contributed by atoms with Gasteiger partial charge < -0.3 is 10.1 Å². The number of nitrogens with one attached hydrogen (secondary N) is 1. The number of carbonyl (C=O) groups excluding carboxylic acids is 1. The van der Waals surface area contributed by atoms with Crippen molar-refractivity contribution in [2.75, 3.05) is 12.4 Å². The molecule has 3 nitrogen and oxygen atoms in total. The number of anilines is 1. The van der Waals surface area contributed by atoms with Crippen molar-refractivity contribution in [1.82, 2.24) is 0 Å². The first-order chi connectivity index (χ1) is 8.97. The monoisotopic (exact) mass is 269 g/mol. The molecule has 2 rings (SSSR count). The lowest BCUT2D eigenvalue weighted by Crippen LogP contribution is -2.31. The Morgan fingerprint density at radius 2 is 1.89 bits per heavy atom. The molecule has 0 saturated heterocycles. The van der Waals surface area contributed by atoms with Crippen LogP contribution in [-0.4, -0.2) is 18.6 Å². The van der Waals surface area contributed by atoms with Crippen LogP contribution in [0.5, 0.6) is 0 Å². The number of methoxy groups -OCH3 is 1. The van der Waals surface area contributed by atoms with Gasteiger partial charge in [-0.05, 0) is 31.9 Å². The molecule has 1 N–H and O–H groups in total. The minimum Gasteiger partial charge on any atom is -0.465 e. The van der Waals surface area contributed by atoms with Crippen LogP contribution in [0, 0.1) is 11.6 Å². The Morgan fingerprint density at radius 3 is 2.47 bits per heavy atom.